The van der Waals surface area contributed by atoms with E-state index in [2.05, 4.69) is 11.9 Å². The third kappa shape index (κ3) is 2.75. The number of nitrogen functional groups attached to an aromatic ring is 1. The highest BCUT2D eigenvalue weighted by atomic mass is 16.1. The molecule has 0 heterocycles. The van der Waals surface area contributed by atoms with Gasteiger partial charge in [-0.1, -0.05) is 36.9 Å². The number of para-hydroxylation sites is 1. The summed E-state index contributed by atoms with van der Waals surface area (Å²) >= 11 is 0. The van der Waals surface area contributed by atoms with Crippen LogP contribution >= 0.6 is 0 Å². The molecule has 4 N–H and O–H groups in total. The quantitative estimate of drug-likeness (QED) is 0.451. The maximum atomic E-state index is 11.3. The number of hydrogen-bond donors (Lipinski definition) is 3. The van der Waals surface area contributed by atoms with Gasteiger partial charge in [0.1, 0.15) is 0 Å². The lowest BCUT2D eigenvalue weighted by atomic mass is 10.0. The van der Waals surface area contributed by atoms with Gasteiger partial charge in [0.05, 0.1) is 0 Å². The van der Waals surface area contributed by atoms with Gasteiger partial charge in [0.25, 0.3) is 0 Å². The summed E-state index contributed by atoms with van der Waals surface area (Å²) in [5.74, 6) is -0.261. The van der Waals surface area contributed by atoms with Crippen LogP contribution in [0.3, 0.4) is 0 Å². The van der Waals surface area contributed by atoms with Gasteiger partial charge in [-0.2, -0.15) is 0 Å². The number of benzene rings is 2. The van der Waals surface area contributed by atoms with E-state index in [-0.39, 0.29) is 5.91 Å². The fourth-order valence-electron chi connectivity index (χ4n) is 1.92. The Morgan fingerprint density at radius 2 is 2.00 bits per heavy atom. The van der Waals surface area contributed by atoms with Gasteiger partial charge in [-0.05, 0) is 23.8 Å². The van der Waals surface area contributed by atoms with E-state index < -0.39 is 0 Å². The molecule has 0 aliphatic rings. The molecule has 0 fully saturated rings. The average Bonchev–Trinajstić information content (AvgIpc) is 2.47. The normalized spacial score (nSPS) is 9.80. The summed E-state index contributed by atoms with van der Waals surface area (Å²) in [4.78, 5) is 11.3. The molecule has 0 spiro atoms. The first-order valence-corrected chi connectivity index (χ1v) is 6.08. The summed E-state index contributed by atoms with van der Waals surface area (Å²) in [6.45, 7) is 3.42. The van der Waals surface area contributed by atoms with E-state index in [0.717, 1.165) is 11.1 Å². The van der Waals surface area contributed by atoms with Gasteiger partial charge < -0.3 is 16.5 Å². The molecular weight excluding hydrogens is 250 g/mol. The Morgan fingerprint density at radius 1 is 1.25 bits per heavy atom. The van der Waals surface area contributed by atoms with Crippen molar-refractivity contribution in [1.29, 1.82) is 5.41 Å². The lowest BCUT2D eigenvalue weighted by molar-refractivity contribution is -0.111. The summed E-state index contributed by atoms with van der Waals surface area (Å²) in [6.07, 6.45) is 2.44. The summed E-state index contributed by atoms with van der Waals surface area (Å²) in [6, 6.07) is 12.9. The predicted octanol–water partition coefficient (Wildman–Crippen LogP) is 3.06. The van der Waals surface area contributed by atoms with Gasteiger partial charge in [0.2, 0.25) is 5.91 Å². The fraction of sp³-hybridized carbons (Fsp3) is 0. The van der Waals surface area contributed by atoms with Gasteiger partial charge in [-0.3, -0.25) is 4.79 Å². The van der Waals surface area contributed by atoms with Crippen LogP contribution in [0.4, 0.5) is 11.4 Å². The van der Waals surface area contributed by atoms with E-state index in [1.54, 1.807) is 12.1 Å². The maximum Gasteiger partial charge on any atom is 0.247 e. The lowest BCUT2D eigenvalue weighted by Gasteiger charge is -2.10. The topological polar surface area (TPSA) is 79.0 Å². The number of nitrogens with one attached hydrogen (secondary N) is 2. The largest absolute Gasteiger partial charge is 0.398 e. The molecule has 0 saturated carbocycles. The molecule has 0 atom stereocenters. The van der Waals surface area contributed by atoms with Gasteiger partial charge in [-0.15, -0.1) is 0 Å². The maximum absolute atomic E-state index is 11.3. The van der Waals surface area contributed by atoms with Crippen molar-refractivity contribution in [1.82, 2.24) is 0 Å². The van der Waals surface area contributed by atoms with E-state index in [9.17, 15) is 4.79 Å². The summed E-state index contributed by atoms with van der Waals surface area (Å²) in [7, 11) is 0. The number of hydrogen-bond acceptors (Lipinski definition) is 3. The Hall–Kier alpha value is -2.88. The van der Waals surface area contributed by atoms with Crippen molar-refractivity contribution in [3.63, 3.8) is 0 Å². The SMILES string of the molecule is C=CC(=O)Nc1cccc(-c2cccc(C=N)c2N)c1. The first-order chi connectivity index (χ1) is 9.65. The molecule has 2 rings (SSSR count). The second-order valence-electron chi connectivity index (χ2n) is 4.23. The Kier molecular flexibility index (Phi) is 3.96. The Balaban J connectivity index is 2.43. The molecule has 1 amide bonds. The molecule has 20 heavy (non-hydrogen) atoms. The van der Waals surface area contributed by atoms with Gasteiger partial charge in [0, 0.05) is 28.7 Å². The van der Waals surface area contributed by atoms with Crippen LogP contribution in [0.1, 0.15) is 5.56 Å². The monoisotopic (exact) mass is 265 g/mol. The van der Waals surface area contributed by atoms with Crippen LogP contribution in [0.25, 0.3) is 11.1 Å². The molecule has 2 aromatic carbocycles. The Morgan fingerprint density at radius 3 is 2.70 bits per heavy atom. The number of carbonyl (C=O) groups is 1. The molecule has 2 aromatic rings. The smallest absolute Gasteiger partial charge is 0.247 e. The van der Waals surface area contributed by atoms with Crippen molar-refractivity contribution in [2.75, 3.05) is 11.1 Å². The van der Waals surface area contributed by atoms with Crippen molar-refractivity contribution in [3.8, 4) is 11.1 Å². The third-order valence-electron chi connectivity index (χ3n) is 2.92. The molecule has 0 aromatic heterocycles. The van der Waals surface area contributed by atoms with Crippen LogP contribution in [-0.2, 0) is 4.79 Å². The van der Waals surface area contributed by atoms with Gasteiger partial charge in [-0.25, -0.2) is 0 Å². The zero-order chi connectivity index (χ0) is 14.5. The number of carbonyl (C=O) groups excluding carboxylic acids is 1. The minimum Gasteiger partial charge on any atom is -0.398 e. The van der Waals surface area contributed by atoms with Crippen LogP contribution in [0.15, 0.2) is 55.1 Å². The third-order valence-corrected chi connectivity index (χ3v) is 2.92. The molecule has 0 aliphatic carbocycles. The molecule has 0 radical (unpaired) electrons. The van der Waals surface area contributed by atoms with Crippen molar-refractivity contribution in [2.24, 2.45) is 0 Å². The Bertz CT molecular complexity index is 677. The van der Waals surface area contributed by atoms with Gasteiger partial charge >= 0.3 is 0 Å². The minimum atomic E-state index is -0.261. The van der Waals surface area contributed by atoms with Crippen LogP contribution in [0.2, 0.25) is 0 Å². The van der Waals surface area contributed by atoms with E-state index in [1.165, 1.54) is 12.3 Å². The molecule has 0 aliphatic heterocycles. The van der Waals surface area contributed by atoms with Crippen LogP contribution < -0.4 is 11.1 Å². The second-order valence-corrected chi connectivity index (χ2v) is 4.23. The summed E-state index contributed by atoms with van der Waals surface area (Å²) < 4.78 is 0. The van der Waals surface area contributed by atoms with Crippen LogP contribution in [0, 0.1) is 5.41 Å². The average molecular weight is 265 g/mol. The number of nitrogens with two attached hydrogens (primary N) is 1. The van der Waals surface area contributed by atoms with Crippen LogP contribution in [0.5, 0.6) is 0 Å². The molecule has 0 saturated heterocycles. The molecule has 0 unspecified atom stereocenters. The van der Waals surface area contributed by atoms with E-state index in [4.69, 9.17) is 11.1 Å². The standard InChI is InChI=1S/C16H15N3O/c1-2-15(20)19-13-7-3-5-11(9-13)14-8-4-6-12(10-17)16(14)18/h2-10,17H,1,18H2,(H,19,20). The zero-order valence-electron chi connectivity index (χ0n) is 10.9. The number of anilines is 2. The van der Waals surface area contributed by atoms with E-state index in [1.807, 2.05) is 30.3 Å². The van der Waals surface area contributed by atoms with Crippen molar-refractivity contribution in [2.45, 2.75) is 0 Å². The van der Waals surface area contributed by atoms with E-state index in [0.29, 0.717) is 16.9 Å². The van der Waals surface area contributed by atoms with Crippen molar-refractivity contribution >= 4 is 23.5 Å². The second kappa shape index (κ2) is 5.84. The van der Waals surface area contributed by atoms with E-state index >= 15 is 0 Å². The Labute approximate surface area is 117 Å². The first-order valence-electron chi connectivity index (χ1n) is 6.08. The highest BCUT2D eigenvalue weighted by Crippen LogP contribution is 2.29. The summed E-state index contributed by atoms with van der Waals surface area (Å²) in [5, 5.41) is 10.0. The molecular formula is C16H15N3O. The number of rotatable bonds is 4. The lowest BCUT2D eigenvalue weighted by Crippen LogP contribution is -2.07. The molecule has 0 bridgehead atoms. The zero-order valence-corrected chi connectivity index (χ0v) is 10.9. The molecule has 4 nitrogen and oxygen atoms in total. The predicted molar refractivity (Wildman–Crippen MR) is 83.0 cm³/mol. The first kappa shape index (κ1) is 13.5. The van der Waals surface area contributed by atoms with Crippen molar-refractivity contribution < 1.29 is 4.79 Å². The highest BCUT2D eigenvalue weighted by molar-refractivity contribution is 5.99. The number of amides is 1. The highest BCUT2D eigenvalue weighted by Gasteiger charge is 2.06. The van der Waals surface area contributed by atoms with Crippen molar-refractivity contribution in [3.05, 3.63) is 60.7 Å². The van der Waals surface area contributed by atoms with Gasteiger partial charge in [0.15, 0.2) is 0 Å². The van der Waals surface area contributed by atoms with Crippen LogP contribution in [-0.4, -0.2) is 12.1 Å². The minimum absolute atomic E-state index is 0.261. The molecule has 100 valence electrons. The fourth-order valence-corrected chi connectivity index (χ4v) is 1.92. The molecule has 4 heteroatoms. The summed E-state index contributed by atoms with van der Waals surface area (Å²) in [5.41, 5.74) is 9.66.